The highest BCUT2D eigenvalue weighted by molar-refractivity contribution is 7.99. The summed E-state index contributed by atoms with van der Waals surface area (Å²) in [7, 11) is 3.10. The van der Waals surface area contributed by atoms with E-state index in [2.05, 4.69) is 9.97 Å². The van der Waals surface area contributed by atoms with Crippen LogP contribution in [0.15, 0.2) is 35.6 Å². The second-order valence-corrected chi connectivity index (χ2v) is 5.34. The van der Waals surface area contributed by atoms with E-state index in [0.717, 1.165) is 5.75 Å². The maximum atomic E-state index is 11.4. The third kappa shape index (κ3) is 5.02. The van der Waals surface area contributed by atoms with Gasteiger partial charge in [0.1, 0.15) is 11.5 Å². The van der Waals surface area contributed by atoms with E-state index in [-0.39, 0.29) is 17.6 Å². The molecular weight excluding hydrogens is 332 g/mol. The molecule has 0 amide bonds. The monoisotopic (exact) mass is 350 g/mol. The molecule has 0 bridgehead atoms. The number of aromatic nitrogens is 2. The third-order valence-corrected chi connectivity index (χ3v) is 3.65. The number of hydrogen-bond acceptors (Lipinski definition) is 8. The van der Waals surface area contributed by atoms with Crippen molar-refractivity contribution in [2.24, 2.45) is 0 Å². The van der Waals surface area contributed by atoms with Crippen molar-refractivity contribution in [1.82, 2.24) is 9.97 Å². The topological polar surface area (TPSA) is 79.8 Å². The number of carbonyl (C=O) groups excluding carboxylic acids is 1. The van der Waals surface area contributed by atoms with Gasteiger partial charge in [-0.1, -0.05) is 11.8 Å². The largest absolute Gasteiger partial charge is 0.497 e. The van der Waals surface area contributed by atoms with Crippen LogP contribution >= 0.6 is 11.8 Å². The van der Waals surface area contributed by atoms with Crippen LogP contribution in [0, 0.1) is 0 Å². The van der Waals surface area contributed by atoms with Crippen molar-refractivity contribution in [2.45, 2.75) is 12.1 Å². The van der Waals surface area contributed by atoms with Crippen molar-refractivity contribution in [2.75, 3.05) is 26.6 Å². The summed E-state index contributed by atoms with van der Waals surface area (Å²) in [5.74, 6) is 1.77. The Morgan fingerprint density at radius 3 is 2.46 bits per heavy atom. The summed E-state index contributed by atoms with van der Waals surface area (Å²) in [6.07, 6.45) is 1.50. The first-order chi connectivity index (χ1) is 11.7. The number of hydrogen-bond donors (Lipinski definition) is 0. The Morgan fingerprint density at radius 1 is 1.12 bits per heavy atom. The highest BCUT2D eigenvalue weighted by Gasteiger charge is 2.12. The number of thioether (sulfide) groups is 1. The highest BCUT2D eigenvalue weighted by Crippen LogP contribution is 2.31. The minimum atomic E-state index is -0.320. The van der Waals surface area contributed by atoms with Crippen LogP contribution in [0.1, 0.15) is 6.92 Å². The molecule has 0 aliphatic heterocycles. The molecule has 0 unspecified atom stereocenters. The van der Waals surface area contributed by atoms with E-state index in [1.807, 2.05) is 0 Å². The van der Waals surface area contributed by atoms with Crippen LogP contribution in [0.4, 0.5) is 0 Å². The van der Waals surface area contributed by atoms with Crippen LogP contribution in [0.3, 0.4) is 0 Å². The van der Waals surface area contributed by atoms with Gasteiger partial charge >= 0.3 is 5.97 Å². The molecule has 0 radical (unpaired) electrons. The summed E-state index contributed by atoms with van der Waals surface area (Å²) in [4.78, 5) is 19.8. The molecule has 0 saturated carbocycles. The van der Waals surface area contributed by atoms with Gasteiger partial charge in [0.05, 0.1) is 32.8 Å². The normalized spacial score (nSPS) is 10.1. The summed E-state index contributed by atoms with van der Waals surface area (Å²) >= 11 is 1.17. The third-order valence-electron chi connectivity index (χ3n) is 2.82. The lowest BCUT2D eigenvalue weighted by Gasteiger charge is -2.10. The fraction of sp³-hybridized carbons (Fsp3) is 0.312. The molecule has 7 nitrogen and oxygen atoms in total. The smallest absolute Gasteiger partial charge is 0.316 e. The Kier molecular flexibility index (Phi) is 6.68. The number of nitrogens with zero attached hydrogens (tertiary/aromatic N) is 2. The molecule has 24 heavy (non-hydrogen) atoms. The average Bonchev–Trinajstić information content (AvgIpc) is 2.61. The SMILES string of the molecule is CCOC(=O)CSc1ncc(OC)c(Oc2ccc(OC)cc2)n1. The molecule has 1 heterocycles. The number of rotatable bonds is 8. The zero-order valence-electron chi connectivity index (χ0n) is 13.6. The van der Waals surface area contributed by atoms with Gasteiger partial charge < -0.3 is 18.9 Å². The maximum Gasteiger partial charge on any atom is 0.316 e. The van der Waals surface area contributed by atoms with Crippen LogP contribution in [-0.2, 0) is 9.53 Å². The Hall–Kier alpha value is -2.48. The summed E-state index contributed by atoms with van der Waals surface area (Å²) in [5.41, 5.74) is 0. The summed E-state index contributed by atoms with van der Waals surface area (Å²) < 4.78 is 20.9. The van der Waals surface area contributed by atoms with Gasteiger partial charge in [-0.3, -0.25) is 4.79 Å². The molecule has 0 fully saturated rings. The van der Waals surface area contributed by atoms with Gasteiger partial charge in [-0.2, -0.15) is 4.98 Å². The Bertz CT molecular complexity index is 679. The molecule has 1 aromatic heterocycles. The molecule has 2 aromatic rings. The van der Waals surface area contributed by atoms with E-state index in [9.17, 15) is 4.79 Å². The zero-order valence-corrected chi connectivity index (χ0v) is 14.5. The lowest BCUT2D eigenvalue weighted by molar-refractivity contribution is -0.139. The molecule has 0 aliphatic rings. The quantitative estimate of drug-likeness (QED) is 0.408. The van der Waals surface area contributed by atoms with Crippen molar-refractivity contribution >= 4 is 17.7 Å². The van der Waals surface area contributed by atoms with Gasteiger partial charge in [0.2, 0.25) is 0 Å². The predicted molar refractivity (Wildman–Crippen MR) is 89.0 cm³/mol. The van der Waals surface area contributed by atoms with Crippen LogP contribution in [0.2, 0.25) is 0 Å². The van der Waals surface area contributed by atoms with Crippen LogP contribution < -0.4 is 14.2 Å². The van der Waals surface area contributed by atoms with E-state index >= 15 is 0 Å². The molecule has 0 atom stereocenters. The van der Waals surface area contributed by atoms with E-state index in [4.69, 9.17) is 18.9 Å². The van der Waals surface area contributed by atoms with Crippen molar-refractivity contribution in [3.05, 3.63) is 30.5 Å². The number of esters is 1. The van der Waals surface area contributed by atoms with E-state index in [1.165, 1.54) is 25.1 Å². The van der Waals surface area contributed by atoms with Crippen molar-refractivity contribution in [3.63, 3.8) is 0 Å². The van der Waals surface area contributed by atoms with Gasteiger partial charge in [-0.15, -0.1) is 0 Å². The maximum absolute atomic E-state index is 11.4. The molecule has 8 heteroatoms. The fourth-order valence-corrected chi connectivity index (χ4v) is 2.31. The summed E-state index contributed by atoms with van der Waals surface area (Å²) in [6, 6.07) is 7.07. The first kappa shape index (κ1) is 17.9. The molecule has 1 aromatic carbocycles. The predicted octanol–water partition coefficient (Wildman–Crippen LogP) is 2.94. The van der Waals surface area contributed by atoms with Crippen LogP contribution in [0.5, 0.6) is 23.1 Å². The van der Waals surface area contributed by atoms with Gasteiger partial charge in [-0.05, 0) is 31.2 Å². The van der Waals surface area contributed by atoms with Crippen molar-refractivity contribution in [3.8, 4) is 23.1 Å². The lowest BCUT2D eigenvalue weighted by Crippen LogP contribution is -2.07. The van der Waals surface area contributed by atoms with Crippen LogP contribution in [0.25, 0.3) is 0 Å². The molecule has 2 rings (SSSR count). The second kappa shape index (κ2) is 8.97. The Labute approximate surface area is 144 Å². The molecule has 0 saturated heterocycles. The number of ether oxygens (including phenoxy) is 4. The van der Waals surface area contributed by atoms with Gasteiger partial charge in [0.15, 0.2) is 10.9 Å². The average molecular weight is 350 g/mol. The van der Waals surface area contributed by atoms with E-state index in [1.54, 1.807) is 38.3 Å². The second-order valence-electron chi connectivity index (χ2n) is 4.40. The minimum absolute atomic E-state index is 0.127. The molecule has 0 spiro atoms. The molecule has 0 aliphatic carbocycles. The summed E-state index contributed by atoms with van der Waals surface area (Å²) in [6.45, 7) is 2.10. The zero-order chi connectivity index (χ0) is 17.4. The number of carbonyl (C=O) groups is 1. The van der Waals surface area contributed by atoms with Gasteiger partial charge in [0.25, 0.3) is 5.88 Å². The molecule has 128 valence electrons. The Morgan fingerprint density at radius 2 is 1.83 bits per heavy atom. The van der Waals surface area contributed by atoms with E-state index in [0.29, 0.717) is 23.3 Å². The number of benzene rings is 1. The Balaban J connectivity index is 2.11. The number of methoxy groups -OCH3 is 2. The first-order valence-electron chi connectivity index (χ1n) is 7.17. The molecule has 0 N–H and O–H groups in total. The minimum Gasteiger partial charge on any atom is -0.497 e. The van der Waals surface area contributed by atoms with Crippen molar-refractivity contribution in [1.29, 1.82) is 0 Å². The fourth-order valence-electron chi connectivity index (χ4n) is 1.70. The van der Waals surface area contributed by atoms with Gasteiger partial charge in [-0.25, -0.2) is 4.98 Å². The summed E-state index contributed by atoms with van der Waals surface area (Å²) in [5, 5.41) is 0.396. The highest BCUT2D eigenvalue weighted by atomic mass is 32.2. The van der Waals surface area contributed by atoms with Crippen LogP contribution in [-0.4, -0.2) is 42.5 Å². The lowest BCUT2D eigenvalue weighted by atomic mass is 10.3. The van der Waals surface area contributed by atoms with Crippen molar-refractivity contribution < 1.29 is 23.7 Å². The van der Waals surface area contributed by atoms with E-state index < -0.39 is 0 Å². The van der Waals surface area contributed by atoms with Gasteiger partial charge in [0, 0.05) is 0 Å². The standard InChI is InChI=1S/C16H18N2O5S/c1-4-22-14(19)10-24-16-17-9-13(21-3)15(18-16)23-12-7-5-11(20-2)6-8-12/h5-9H,4,10H2,1-3H3. The molecular formula is C16H18N2O5S. The first-order valence-corrected chi connectivity index (χ1v) is 8.16.